The van der Waals surface area contributed by atoms with Gasteiger partial charge in [-0.25, -0.2) is 4.79 Å². The Kier molecular flexibility index (Phi) is 5.14. The summed E-state index contributed by atoms with van der Waals surface area (Å²) in [6, 6.07) is 5.52. The number of nitrogens with zero attached hydrogens (tertiary/aromatic N) is 1. The van der Waals surface area contributed by atoms with Gasteiger partial charge in [-0.3, -0.25) is 19.3 Å². The van der Waals surface area contributed by atoms with Gasteiger partial charge in [0.05, 0.1) is 24.0 Å². The number of carbonyl (C=O) groups excluding carboxylic acids is 4. The van der Waals surface area contributed by atoms with E-state index in [0.717, 1.165) is 19.3 Å². The van der Waals surface area contributed by atoms with Gasteiger partial charge in [0, 0.05) is 5.69 Å². The molecule has 0 aromatic heterocycles. The summed E-state index contributed by atoms with van der Waals surface area (Å²) in [5.74, 6) is -0.541. The van der Waals surface area contributed by atoms with Crippen LogP contribution in [0.5, 0.6) is 0 Å². The molecule has 0 unspecified atom stereocenters. The number of benzene rings is 1. The number of likely N-dealkylation sites (tertiary alicyclic amines) is 1. The van der Waals surface area contributed by atoms with Gasteiger partial charge in [0.25, 0.3) is 0 Å². The number of carbonyl (C=O) groups is 4. The third-order valence-corrected chi connectivity index (χ3v) is 7.58. The molecule has 7 nitrogen and oxygen atoms in total. The number of allylic oxidation sites excluding steroid dienone is 2. The van der Waals surface area contributed by atoms with E-state index in [1.54, 1.807) is 31.2 Å². The zero-order valence-electron chi connectivity index (χ0n) is 18.3. The first kappa shape index (κ1) is 20.9. The smallest absolute Gasteiger partial charge is 0.338 e. The van der Waals surface area contributed by atoms with Crippen molar-refractivity contribution in [3.63, 3.8) is 0 Å². The first-order valence-corrected chi connectivity index (χ1v) is 11.6. The molecule has 3 amide bonds. The lowest BCUT2D eigenvalue weighted by Gasteiger charge is -2.37. The average Bonchev–Trinajstić information content (AvgIpc) is 3.57. The minimum atomic E-state index is -0.894. The number of nitrogens with one attached hydrogen (secondary N) is 1. The van der Waals surface area contributed by atoms with Crippen molar-refractivity contribution >= 4 is 29.4 Å². The van der Waals surface area contributed by atoms with Crippen molar-refractivity contribution in [2.24, 2.45) is 35.5 Å². The van der Waals surface area contributed by atoms with E-state index < -0.39 is 17.9 Å². The average molecular weight is 437 g/mol. The van der Waals surface area contributed by atoms with Gasteiger partial charge in [-0.05, 0) is 67.7 Å². The Morgan fingerprint density at radius 3 is 2.22 bits per heavy atom. The molecule has 7 heteroatoms. The van der Waals surface area contributed by atoms with E-state index >= 15 is 0 Å². The Labute approximate surface area is 187 Å². The number of ether oxygens (including phenoxy) is 1. The van der Waals surface area contributed by atoms with Gasteiger partial charge in [0.2, 0.25) is 17.7 Å². The molecule has 3 fully saturated rings. The molecule has 5 aliphatic rings. The molecule has 2 bridgehead atoms. The van der Waals surface area contributed by atoms with E-state index in [4.69, 9.17) is 4.74 Å². The summed E-state index contributed by atoms with van der Waals surface area (Å²) >= 11 is 0. The normalized spacial score (nSPS) is 32.4. The third-order valence-electron chi connectivity index (χ3n) is 7.58. The summed E-state index contributed by atoms with van der Waals surface area (Å²) < 4.78 is 5.19. The second-order valence-electron chi connectivity index (χ2n) is 9.43. The van der Waals surface area contributed by atoms with Crippen LogP contribution in [0.25, 0.3) is 0 Å². The van der Waals surface area contributed by atoms with Gasteiger partial charge >= 0.3 is 5.97 Å². The van der Waals surface area contributed by atoms with Crippen LogP contribution in [0.1, 0.15) is 43.5 Å². The van der Waals surface area contributed by atoms with Crippen LogP contribution in [0, 0.1) is 35.5 Å². The lowest BCUT2D eigenvalue weighted by Crippen LogP contribution is -2.46. The number of anilines is 1. The highest BCUT2D eigenvalue weighted by Gasteiger charge is 2.67. The molecule has 1 aromatic rings. The standard InChI is InChI=1S/C25H28N2O5/c1-3-4-11-32-25(31)14-5-7-15(8-6-14)26-22(28)13(2)27-23(29)20-16-9-10-17(19-12-18(16)19)21(20)24(27)30/h5-10,13,16-21H,3-4,11-12H2,1-2H3,(H,26,28)/t13-,16-,17-,18-,19+,20-,21+/m0/s1. The Balaban J connectivity index is 1.23. The highest BCUT2D eigenvalue weighted by Crippen LogP contribution is 2.65. The lowest BCUT2D eigenvalue weighted by molar-refractivity contribution is -0.146. The molecular formula is C25H28N2O5. The lowest BCUT2D eigenvalue weighted by atomic mass is 9.63. The fourth-order valence-corrected chi connectivity index (χ4v) is 5.81. The number of imide groups is 1. The second-order valence-corrected chi connectivity index (χ2v) is 9.43. The molecule has 4 aliphatic carbocycles. The number of rotatable bonds is 7. The van der Waals surface area contributed by atoms with E-state index in [2.05, 4.69) is 17.5 Å². The minimum Gasteiger partial charge on any atom is -0.462 e. The minimum absolute atomic E-state index is 0.135. The highest BCUT2D eigenvalue weighted by atomic mass is 16.5. The van der Waals surface area contributed by atoms with Crippen LogP contribution in [0.2, 0.25) is 0 Å². The maximum absolute atomic E-state index is 13.2. The van der Waals surface area contributed by atoms with E-state index in [1.807, 2.05) is 6.92 Å². The monoisotopic (exact) mass is 436 g/mol. The molecule has 1 saturated heterocycles. The molecule has 0 radical (unpaired) electrons. The van der Waals surface area contributed by atoms with Gasteiger partial charge in [-0.15, -0.1) is 0 Å². The predicted molar refractivity (Wildman–Crippen MR) is 116 cm³/mol. The fourth-order valence-electron chi connectivity index (χ4n) is 5.81. The Morgan fingerprint density at radius 1 is 1.06 bits per heavy atom. The number of esters is 1. The van der Waals surface area contributed by atoms with Crippen molar-refractivity contribution in [1.82, 2.24) is 4.90 Å². The Hall–Kier alpha value is -2.96. The topological polar surface area (TPSA) is 92.8 Å². The van der Waals surface area contributed by atoms with Crippen LogP contribution >= 0.6 is 0 Å². The van der Waals surface area contributed by atoms with E-state index in [1.165, 1.54) is 4.90 Å². The molecule has 1 aliphatic heterocycles. The zero-order chi connectivity index (χ0) is 22.6. The van der Waals surface area contributed by atoms with E-state index in [-0.39, 0.29) is 35.5 Å². The molecule has 1 aromatic carbocycles. The van der Waals surface area contributed by atoms with Crippen LogP contribution in [0.15, 0.2) is 36.4 Å². The predicted octanol–water partition coefficient (Wildman–Crippen LogP) is 3.02. The van der Waals surface area contributed by atoms with E-state index in [0.29, 0.717) is 29.7 Å². The fraction of sp³-hybridized carbons (Fsp3) is 0.520. The summed E-state index contributed by atoms with van der Waals surface area (Å²) in [6.07, 6.45) is 7.10. The second kappa shape index (κ2) is 7.87. The molecule has 6 rings (SSSR count). The van der Waals surface area contributed by atoms with Crippen molar-refractivity contribution in [3.05, 3.63) is 42.0 Å². The highest BCUT2D eigenvalue weighted by molar-refractivity contribution is 6.10. The molecule has 0 spiro atoms. The molecule has 1 N–H and O–H groups in total. The van der Waals surface area contributed by atoms with Crippen molar-refractivity contribution in [3.8, 4) is 0 Å². The summed E-state index contributed by atoms with van der Waals surface area (Å²) in [6.45, 7) is 4.00. The van der Waals surface area contributed by atoms with E-state index in [9.17, 15) is 19.2 Å². The Morgan fingerprint density at radius 2 is 1.66 bits per heavy atom. The third kappa shape index (κ3) is 3.26. The largest absolute Gasteiger partial charge is 0.462 e. The van der Waals surface area contributed by atoms with Crippen LogP contribution in [-0.2, 0) is 19.1 Å². The Bertz CT molecular complexity index is 964. The zero-order valence-corrected chi connectivity index (χ0v) is 18.3. The summed E-state index contributed by atoms with van der Waals surface area (Å²) in [5, 5.41) is 2.76. The van der Waals surface area contributed by atoms with Crippen LogP contribution < -0.4 is 5.32 Å². The van der Waals surface area contributed by atoms with Crippen molar-refractivity contribution in [2.45, 2.75) is 39.2 Å². The van der Waals surface area contributed by atoms with Crippen LogP contribution in [-0.4, -0.2) is 41.2 Å². The maximum Gasteiger partial charge on any atom is 0.338 e. The van der Waals surface area contributed by atoms with Gasteiger partial charge in [0.1, 0.15) is 6.04 Å². The first-order chi connectivity index (χ1) is 15.4. The van der Waals surface area contributed by atoms with Crippen molar-refractivity contribution in [2.75, 3.05) is 11.9 Å². The molecule has 168 valence electrons. The van der Waals surface area contributed by atoms with Crippen molar-refractivity contribution < 1.29 is 23.9 Å². The summed E-state index contributed by atoms with van der Waals surface area (Å²) in [5.41, 5.74) is 0.897. The molecule has 7 atom stereocenters. The summed E-state index contributed by atoms with van der Waals surface area (Å²) in [7, 11) is 0. The molecule has 32 heavy (non-hydrogen) atoms. The molecule has 1 heterocycles. The quantitative estimate of drug-likeness (QED) is 0.307. The van der Waals surface area contributed by atoms with Crippen LogP contribution in [0.3, 0.4) is 0 Å². The first-order valence-electron chi connectivity index (χ1n) is 11.6. The van der Waals surface area contributed by atoms with Gasteiger partial charge in [-0.1, -0.05) is 25.5 Å². The number of amides is 3. The number of hydrogen-bond donors (Lipinski definition) is 1. The SMILES string of the molecule is CCCCOC(=O)c1ccc(NC(=O)[C@H](C)N2C(=O)[C@@H]3[C@H]4C=C[C@@H]([C@@H]5C[C@H]45)[C@@H]3C2=O)cc1. The molecular weight excluding hydrogens is 408 g/mol. The summed E-state index contributed by atoms with van der Waals surface area (Å²) in [4.78, 5) is 52.4. The van der Waals surface area contributed by atoms with Gasteiger partial charge < -0.3 is 10.1 Å². The van der Waals surface area contributed by atoms with Crippen LogP contribution in [0.4, 0.5) is 5.69 Å². The molecule has 2 saturated carbocycles. The number of unbranched alkanes of at least 4 members (excludes halogenated alkanes) is 1. The van der Waals surface area contributed by atoms with Gasteiger partial charge in [-0.2, -0.15) is 0 Å². The number of hydrogen-bond acceptors (Lipinski definition) is 5. The van der Waals surface area contributed by atoms with Gasteiger partial charge in [0.15, 0.2) is 0 Å². The maximum atomic E-state index is 13.2. The van der Waals surface area contributed by atoms with Crippen molar-refractivity contribution in [1.29, 1.82) is 0 Å².